The molecule has 1 aromatic heterocycles. The second-order valence-electron chi connectivity index (χ2n) is 6.17. The Kier molecular flexibility index (Phi) is 5.03. The molecule has 3 rings (SSSR count). The number of aromatic nitrogens is 4. The van der Waals surface area contributed by atoms with Gasteiger partial charge in [0.2, 0.25) is 17.0 Å². The summed E-state index contributed by atoms with van der Waals surface area (Å²) in [6.07, 6.45) is 0.259. The number of thioether (sulfide) groups is 1. The minimum Gasteiger partial charge on any atom is -0.324 e. The van der Waals surface area contributed by atoms with Gasteiger partial charge in [0.25, 0.3) is 0 Å². The maximum absolute atomic E-state index is 12.9. The standard InChI is InChI=1S/C16H20N6O2S/c1-10(2)22-16(18-19-20-22)25-9-15(24)21-11(3)8-14(23)17-12-6-4-5-7-13(12)21/h4-7,10-11H,8-9H2,1-3H3,(H,17,23)/t11-/m1/s1. The molecule has 1 aromatic carbocycles. The number of rotatable bonds is 4. The van der Waals surface area contributed by atoms with Crippen LogP contribution in [0.25, 0.3) is 0 Å². The quantitative estimate of drug-likeness (QED) is 0.840. The Balaban J connectivity index is 1.81. The van der Waals surface area contributed by atoms with Gasteiger partial charge in [-0.25, -0.2) is 4.68 Å². The molecule has 25 heavy (non-hydrogen) atoms. The number of hydrogen-bond acceptors (Lipinski definition) is 6. The van der Waals surface area contributed by atoms with Crippen LogP contribution in [0.15, 0.2) is 29.4 Å². The fraction of sp³-hybridized carbons (Fsp3) is 0.438. The SMILES string of the molecule is CC(C)n1nnnc1SCC(=O)N1c2ccccc2NC(=O)C[C@H]1C. The van der Waals surface area contributed by atoms with E-state index in [2.05, 4.69) is 20.8 Å². The van der Waals surface area contributed by atoms with Crippen LogP contribution in [0.2, 0.25) is 0 Å². The van der Waals surface area contributed by atoms with Crippen LogP contribution in [0.4, 0.5) is 11.4 Å². The lowest BCUT2D eigenvalue weighted by Gasteiger charge is -2.27. The lowest BCUT2D eigenvalue weighted by molar-refractivity contribution is -0.117. The smallest absolute Gasteiger partial charge is 0.237 e. The third kappa shape index (κ3) is 3.65. The molecule has 0 aliphatic carbocycles. The summed E-state index contributed by atoms with van der Waals surface area (Å²) in [5.74, 6) is 0.0198. The molecule has 0 bridgehead atoms. The van der Waals surface area contributed by atoms with E-state index in [4.69, 9.17) is 0 Å². The number of fused-ring (bicyclic) bond motifs is 1. The first kappa shape index (κ1) is 17.4. The minimum atomic E-state index is -0.224. The molecule has 8 nitrogen and oxygen atoms in total. The third-order valence-corrected chi connectivity index (χ3v) is 4.82. The van der Waals surface area contributed by atoms with Gasteiger partial charge in [-0.2, -0.15) is 0 Å². The summed E-state index contributed by atoms with van der Waals surface area (Å²) >= 11 is 1.30. The van der Waals surface area contributed by atoms with E-state index in [1.165, 1.54) is 11.8 Å². The number of nitrogens with zero attached hydrogens (tertiary/aromatic N) is 5. The molecule has 2 amide bonds. The first-order valence-electron chi connectivity index (χ1n) is 8.09. The van der Waals surface area contributed by atoms with Crippen molar-refractivity contribution in [3.05, 3.63) is 24.3 Å². The van der Waals surface area contributed by atoms with Gasteiger partial charge in [-0.1, -0.05) is 23.9 Å². The molecule has 0 saturated carbocycles. The zero-order valence-electron chi connectivity index (χ0n) is 14.3. The maximum Gasteiger partial charge on any atom is 0.237 e. The van der Waals surface area contributed by atoms with Crippen molar-refractivity contribution in [2.75, 3.05) is 16.0 Å². The molecule has 2 heterocycles. The largest absolute Gasteiger partial charge is 0.324 e. The van der Waals surface area contributed by atoms with E-state index in [0.717, 1.165) is 5.69 Å². The van der Waals surface area contributed by atoms with Gasteiger partial charge in [0.05, 0.1) is 23.2 Å². The van der Waals surface area contributed by atoms with Gasteiger partial charge in [-0.3, -0.25) is 9.59 Å². The molecule has 0 spiro atoms. The first-order chi connectivity index (χ1) is 12.0. The Hall–Kier alpha value is -2.42. The van der Waals surface area contributed by atoms with Crippen molar-refractivity contribution in [3.8, 4) is 0 Å². The monoisotopic (exact) mass is 360 g/mol. The van der Waals surface area contributed by atoms with Crippen LogP contribution in [-0.4, -0.2) is 43.8 Å². The molecule has 0 fully saturated rings. The number of hydrogen-bond donors (Lipinski definition) is 1. The Morgan fingerprint density at radius 3 is 2.92 bits per heavy atom. The summed E-state index contributed by atoms with van der Waals surface area (Å²) < 4.78 is 1.68. The predicted octanol–water partition coefficient (Wildman–Crippen LogP) is 2.11. The fourth-order valence-corrected chi connectivity index (χ4v) is 3.63. The summed E-state index contributed by atoms with van der Waals surface area (Å²) in [6, 6.07) is 7.24. The van der Waals surface area contributed by atoms with Gasteiger partial charge >= 0.3 is 0 Å². The summed E-state index contributed by atoms with van der Waals surface area (Å²) in [5.41, 5.74) is 1.37. The third-order valence-electron chi connectivity index (χ3n) is 3.90. The van der Waals surface area contributed by atoms with Gasteiger partial charge in [-0.15, -0.1) is 5.10 Å². The predicted molar refractivity (Wildman–Crippen MR) is 95.6 cm³/mol. The van der Waals surface area contributed by atoms with Crippen molar-refractivity contribution >= 4 is 35.0 Å². The van der Waals surface area contributed by atoms with E-state index >= 15 is 0 Å². The van der Waals surface area contributed by atoms with Crippen LogP contribution >= 0.6 is 11.8 Å². The second-order valence-corrected chi connectivity index (χ2v) is 7.11. The molecule has 2 aromatic rings. The van der Waals surface area contributed by atoms with Crippen LogP contribution in [0.1, 0.15) is 33.2 Å². The van der Waals surface area contributed by atoms with E-state index in [9.17, 15) is 9.59 Å². The van der Waals surface area contributed by atoms with Crippen molar-refractivity contribution in [2.45, 2.75) is 44.4 Å². The van der Waals surface area contributed by atoms with Crippen LogP contribution in [-0.2, 0) is 9.59 Å². The number of benzene rings is 1. The number of carbonyl (C=O) groups excluding carboxylic acids is 2. The topological polar surface area (TPSA) is 93.0 Å². The number of tetrazole rings is 1. The average molecular weight is 360 g/mol. The zero-order chi connectivity index (χ0) is 18.0. The number of para-hydroxylation sites is 2. The highest BCUT2D eigenvalue weighted by Gasteiger charge is 2.29. The fourth-order valence-electron chi connectivity index (χ4n) is 2.77. The highest BCUT2D eigenvalue weighted by atomic mass is 32.2. The molecule has 1 aliphatic heterocycles. The molecule has 1 aliphatic rings. The van der Waals surface area contributed by atoms with Crippen molar-refractivity contribution in [1.29, 1.82) is 0 Å². The lowest BCUT2D eigenvalue weighted by Crippen LogP contribution is -2.40. The Labute approximate surface area is 150 Å². The number of anilines is 2. The van der Waals surface area contributed by atoms with E-state index in [0.29, 0.717) is 10.8 Å². The van der Waals surface area contributed by atoms with E-state index in [1.54, 1.807) is 15.6 Å². The average Bonchev–Trinajstić information content (AvgIpc) is 2.98. The van der Waals surface area contributed by atoms with Crippen LogP contribution in [0.5, 0.6) is 0 Å². The maximum atomic E-state index is 12.9. The van der Waals surface area contributed by atoms with Crippen LogP contribution in [0, 0.1) is 0 Å². The van der Waals surface area contributed by atoms with Gasteiger partial charge in [-0.05, 0) is 43.3 Å². The number of carbonyl (C=O) groups is 2. The molecule has 1 atom stereocenters. The Bertz CT molecular complexity index is 790. The van der Waals surface area contributed by atoms with Gasteiger partial charge < -0.3 is 10.2 Å². The van der Waals surface area contributed by atoms with E-state index in [1.807, 2.05) is 39.0 Å². The highest BCUT2D eigenvalue weighted by molar-refractivity contribution is 7.99. The summed E-state index contributed by atoms with van der Waals surface area (Å²) in [6.45, 7) is 5.84. The normalized spacial score (nSPS) is 17.2. The number of nitrogens with one attached hydrogen (secondary N) is 1. The molecule has 1 N–H and O–H groups in total. The van der Waals surface area contributed by atoms with Crippen molar-refractivity contribution in [1.82, 2.24) is 20.2 Å². The Morgan fingerprint density at radius 2 is 2.16 bits per heavy atom. The molecule has 0 radical (unpaired) electrons. The highest BCUT2D eigenvalue weighted by Crippen LogP contribution is 2.32. The number of amides is 2. The van der Waals surface area contributed by atoms with Crippen molar-refractivity contribution in [3.63, 3.8) is 0 Å². The summed E-state index contributed by atoms with van der Waals surface area (Å²) in [7, 11) is 0. The minimum absolute atomic E-state index is 0.0836. The molecular formula is C16H20N6O2S. The molecule has 0 unspecified atom stereocenters. The summed E-state index contributed by atoms with van der Waals surface area (Å²) in [5, 5.41) is 15.0. The first-order valence-corrected chi connectivity index (χ1v) is 9.07. The van der Waals surface area contributed by atoms with Gasteiger partial charge in [0.1, 0.15) is 0 Å². The lowest BCUT2D eigenvalue weighted by atomic mass is 10.2. The second kappa shape index (κ2) is 7.22. The van der Waals surface area contributed by atoms with Gasteiger partial charge in [0.15, 0.2) is 0 Å². The van der Waals surface area contributed by atoms with Crippen molar-refractivity contribution in [2.24, 2.45) is 0 Å². The Morgan fingerprint density at radius 1 is 1.40 bits per heavy atom. The van der Waals surface area contributed by atoms with Gasteiger partial charge in [0, 0.05) is 12.5 Å². The molecule has 9 heteroatoms. The molecular weight excluding hydrogens is 340 g/mol. The zero-order valence-corrected chi connectivity index (χ0v) is 15.2. The van der Waals surface area contributed by atoms with E-state index < -0.39 is 0 Å². The summed E-state index contributed by atoms with van der Waals surface area (Å²) in [4.78, 5) is 26.6. The van der Waals surface area contributed by atoms with Crippen LogP contribution in [0.3, 0.4) is 0 Å². The van der Waals surface area contributed by atoms with Crippen LogP contribution < -0.4 is 10.2 Å². The van der Waals surface area contributed by atoms with E-state index in [-0.39, 0.29) is 36.1 Å². The van der Waals surface area contributed by atoms with Crippen molar-refractivity contribution < 1.29 is 9.59 Å². The molecule has 0 saturated heterocycles. The molecule has 132 valence electrons.